The molecule has 0 aliphatic carbocycles. The number of benzene rings is 2. The maximum atomic E-state index is 12.5. The van der Waals surface area contributed by atoms with Gasteiger partial charge >= 0.3 is 0 Å². The van der Waals surface area contributed by atoms with Gasteiger partial charge < -0.3 is 10.2 Å². The molecule has 1 aliphatic rings. The second-order valence-corrected chi connectivity index (χ2v) is 9.32. The Morgan fingerprint density at radius 3 is 2.29 bits per heavy atom. The molecule has 1 heterocycles. The highest BCUT2D eigenvalue weighted by molar-refractivity contribution is 7.89. The van der Waals surface area contributed by atoms with Crippen LogP contribution in [0.5, 0.6) is 0 Å². The number of para-hydroxylation sites is 1. The average molecular weight is 402 g/mol. The summed E-state index contributed by atoms with van der Waals surface area (Å²) in [5, 5.41) is 2.95. The van der Waals surface area contributed by atoms with Gasteiger partial charge in [-0.15, -0.1) is 0 Å². The van der Waals surface area contributed by atoms with Gasteiger partial charge in [0, 0.05) is 45.0 Å². The van der Waals surface area contributed by atoms with E-state index in [1.54, 1.807) is 12.1 Å². The van der Waals surface area contributed by atoms with Gasteiger partial charge in [-0.1, -0.05) is 18.2 Å². The van der Waals surface area contributed by atoms with Crippen LogP contribution >= 0.6 is 0 Å². The van der Waals surface area contributed by atoms with E-state index in [4.69, 9.17) is 0 Å². The average Bonchev–Trinajstić information content (AvgIpc) is 2.73. The lowest BCUT2D eigenvalue weighted by atomic mass is 10.1. The first-order valence-corrected chi connectivity index (χ1v) is 11.0. The molecule has 1 aliphatic heterocycles. The third-order valence-electron chi connectivity index (χ3n) is 5.02. The van der Waals surface area contributed by atoms with Crippen LogP contribution in [0.1, 0.15) is 35.2 Å². The van der Waals surface area contributed by atoms with Gasteiger partial charge in [0.15, 0.2) is 0 Å². The van der Waals surface area contributed by atoms with Crippen molar-refractivity contribution in [3.63, 3.8) is 0 Å². The van der Waals surface area contributed by atoms with E-state index in [1.807, 2.05) is 18.2 Å². The fourth-order valence-electron chi connectivity index (χ4n) is 3.37. The van der Waals surface area contributed by atoms with Gasteiger partial charge in [0.2, 0.25) is 10.0 Å². The van der Waals surface area contributed by atoms with E-state index in [-0.39, 0.29) is 10.8 Å². The van der Waals surface area contributed by atoms with Crippen LogP contribution < -0.4 is 10.2 Å². The van der Waals surface area contributed by atoms with E-state index >= 15 is 0 Å². The lowest BCUT2D eigenvalue weighted by Crippen LogP contribution is -2.31. The maximum Gasteiger partial charge on any atom is 0.251 e. The molecule has 7 heteroatoms. The summed E-state index contributed by atoms with van der Waals surface area (Å²) in [6.45, 7) is 2.53. The molecule has 28 heavy (non-hydrogen) atoms. The highest BCUT2D eigenvalue weighted by Crippen LogP contribution is 2.24. The van der Waals surface area contributed by atoms with Crippen LogP contribution in [0, 0.1) is 0 Å². The summed E-state index contributed by atoms with van der Waals surface area (Å²) in [4.78, 5) is 15.1. The van der Waals surface area contributed by atoms with Gasteiger partial charge in [0.05, 0.1) is 4.90 Å². The van der Waals surface area contributed by atoms with E-state index in [0.717, 1.165) is 23.0 Å². The number of piperidine rings is 1. The Labute approximate surface area is 167 Å². The van der Waals surface area contributed by atoms with E-state index in [0.29, 0.717) is 12.1 Å². The number of sulfonamides is 1. The standard InChI is InChI=1S/C21H27N3O3S/c1-23(2)28(26,27)19-12-10-17(11-13-19)21(25)22-16-18-8-4-5-9-20(18)24-14-6-3-7-15-24/h4-5,8-13H,3,6-7,14-16H2,1-2H3,(H,22,25). The summed E-state index contributed by atoms with van der Waals surface area (Å²) in [5.41, 5.74) is 2.70. The Bertz CT molecular complexity index is 918. The van der Waals surface area contributed by atoms with E-state index in [9.17, 15) is 13.2 Å². The van der Waals surface area contributed by atoms with Crippen LogP contribution in [-0.4, -0.2) is 45.8 Å². The number of hydrogen-bond acceptors (Lipinski definition) is 4. The van der Waals surface area contributed by atoms with Crippen molar-refractivity contribution in [2.75, 3.05) is 32.1 Å². The summed E-state index contributed by atoms with van der Waals surface area (Å²) in [5.74, 6) is -0.220. The Kier molecular flexibility index (Phi) is 6.36. The van der Waals surface area contributed by atoms with Gasteiger partial charge in [0.25, 0.3) is 5.91 Å². The van der Waals surface area contributed by atoms with Crippen molar-refractivity contribution in [2.24, 2.45) is 0 Å². The molecular weight excluding hydrogens is 374 g/mol. The Morgan fingerprint density at radius 1 is 1.00 bits per heavy atom. The predicted molar refractivity (Wildman–Crippen MR) is 111 cm³/mol. The minimum Gasteiger partial charge on any atom is -0.371 e. The summed E-state index contributed by atoms with van der Waals surface area (Å²) in [6, 6.07) is 14.2. The molecule has 1 N–H and O–H groups in total. The number of anilines is 1. The van der Waals surface area contributed by atoms with Crippen molar-refractivity contribution in [3.05, 3.63) is 59.7 Å². The maximum absolute atomic E-state index is 12.5. The molecule has 2 aromatic carbocycles. The zero-order valence-corrected chi connectivity index (χ0v) is 17.2. The molecule has 0 aromatic heterocycles. The normalized spacial score (nSPS) is 14.9. The van der Waals surface area contributed by atoms with Crippen molar-refractivity contribution >= 4 is 21.6 Å². The predicted octanol–water partition coefficient (Wildman–Crippen LogP) is 2.86. The molecule has 0 radical (unpaired) electrons. The first kappa shape index (κ1) is 20.4. The third kappa shape index (κ3) is 4.54. The number of nitrogens with zero attached hydrogens (tertiary/aromatic N) is 2. The highest BCUT2D eigenvalue weighted by Gasteiger charge is 2.18. The van der Waals surface area contributed by atoms with Crippen LogP contribution in [0.25, 0.3) is 0 Å². The molecule has 3 rings (SSSR count). The fourth-order valence-corrected chi connectivity index (χ4v) is 4.27. The molecule has 150 valence electrons. The number of carbonyl (C=O) groups excluding carboxylic acids is 1. The molecule has 2 aromatic rings. The first-order valence-electron chi connectivity index (χ1n) is 9.53. The van der Waals surface area contributed by atoms with Gasteiger partial charge in [-0.3, -0.25) is 4.79 Å². The Morgan fingerprint density at radius 2 is 1.64 bits per heavy atom. The molecule has 0 atom stereocenters. The molecule has 1 saturated heterocycles. The zero-order valence-electron chi connectivity index (χ0n) is 16.4. The summed E-state index contributed by atoms with van der Waals surface area (Å²) >= 11 is 0. The second-order valence-electron chi connectivity index (χ2n) is 7.17. The smallest absolute Gasteiger partial charge is 0.251 e. The molecule has 0 bridgehead atoms. The first-order chi connectivity index (χ1) is 13.4. The number of hydrogen-bond donors (Lipinski definition) is 1. The fraction of sp³-hybridized carbons (Fsp3) is 0.381. The van der Waals surface area contributed by atoms with E-state index in [1.165, 1.54) is 51.2 Å². The van der Waals surface area contributed by atoms with Crippen LogP contribution in [0.4, 0.5) is 5.69 Å². The van der Waals surface area contributed by atoms with Gasteiger partial charge in [-0.2, -0.15) is 0 Å². The van der Waals surface area contributed by atoms with Crippen molar-refractivity contribution in [1.82, 2.24) is 9.62 Å². The quantitative estimate of drug-likeness (QED) is 0.808. The largest absolute Gasteiger partial charge is 0.371 e. The lowest BCUT2D eigenvalue weighted by molar-refractivity contribution is 0.0951. The van der Waals surface area contributed by atoms with Crippen LogP contribution in [0.15, 0.2) is 53.4 Å². The van der Waals surface area contributed by atoms with Crippen LogP contribution in [-0.2, 0) is 16.6 Å². The van der Waals surface area contributed by atoms with Gasteiger partial charge in [-0.25, -0.2) is 12.7 Å². The second kappa shape index (κ2) is 8.75. The molecule has 1 amide bonds. The van der Waals surface area contributed by atoms with Crippen LogP contribution in [0.2, 0.25) is 0 Å². The summed E-state index contributed by atoms with van der Waals surface area (Å²) in [6.07, 6.45) is 3.67. The zero-order chi connectivity index (χ0) is 20.1. The molecule has 0 spiro atoms. The SMILES string of the molecule is CN(C)S(=O)(=O)c1ccc(C(=O)NCc2ccccc2N2CCCCC2)cc1. The highest BCUT2D eigenvalue weighted by atomic mass is 32.2. The number of nitrogens with one attached hydrogen (secondary N) is 1. The minimum atomic E-state index is -3.50. The molecule has 1 fully saturated rings. The van der Waals surface area contributed by atoms with Crippen molar-refractivity contribution in [1.29, 1.82) is 0 Å². The third-order valence-corrected chi connectivity index (χ3v) is 6.85. The molecule has 0 unspecified atom stereocenters. The Balaban J connectivity index is 1.68. The van der Waals surface area contributed by atoms with E-state index in [2.05, 4.69) is 16.3 Å². The summed E-state index contributed by atoms with van der Waals surface area (Å²) < 4.78 is 25.4. The number of amides is 1. The number of carbonyl (C=O) groups is 1. The lowest BCUT2D eigenvalue weighted by Gasteiger charge is -2.30. The van der Waals surface area contributed by atoms with E-state index < -0.39 is 10.0 Å². The monoisotopic (exact) mass is 401 g/mol. The van der Waals surface area contributed by atoms with Crippen LogP contribution in [0.3, 0.4) is 0 Å². The molecule has 0 saturated carbocycles. The number of rotatable bonds is 6. The summed E-state index contributed by atoms with van der Waals surface area (Å²) in [7, 11) is -0.533. The molecule has 6 nitrogen and oxygen atoms in total. The minimum absolute atomic E-state index is 0.171. The topological polar surface area (TPSA) is 69.7 Å². The Hall–Kier alpha value is -2.38. The van der Waals surface area contributed by atoms with Crippen molar-refractivity contribution in [3.8, 4) is 0 Å². The van der Waals surface area contributed by atoms with Crippen molar-refractivity contribution < 1.29 is 13.2 Å². The van der Waals surface area contributed by atoms with Crippen molar-refractivity contribution in [2.45, 2.75) is 30.7 Å². The molecular formula is C21H27N3O3S. The van der Waals surface area contributed by atoms with Gasteiger partial charge in [-0.05, 0) is 55.2 Å². The van der Waals surface area contributed by atoms with Gasteiger partial charge in [0.1, 0.15) is 0 Å².